The van der Waals surface area contributed by atoms with Crippen molar-refractivity contribution in [1.82, 2.24) is 0 Å². The lowest BCUT2D eigenvalue weighted by Crippen LogP contribution is -2.60. The predicted molar refractivity (Wildman–Crippen MR) is 170 cm³/mol. The van der Waals surface area contributed by atoms with Gasteiger partial charge in [0, 0.05) is 6.42 Å². The molecule has 7 heteroatoms. The average Bonchev–Trinajstić information content (AvgIpc) is 3.34. The van der Waals surface area contributed by atoms with Crippen LogP contribution in [0.25, 0.3) is 0 Å². The Morgan fingerprint density at radius 3 is 2.50 bits per heavy atom. The van der Waals surface area contributed by atoms with E-state index in [1.54, 1.807) is 0 Å². The fourth-order valence-corrected chi connectivity index (χ4v) is 10.6. The third-order valence-corrected chi connectivity index (χ3v) is 13.1. The van der Waals surface area contributed by atoms with Crippen LogP contribution in [-0.2, 0) is 19.0 Å². The molecule has 5 rings (SSSR count). The third kappa shape index (κ3) is 6.70. The van der Waals surface area contributed by atoms with Crippen LogP contribution in [0.3, 0.4) is 0 Å². The molecule has 5 aliphatic rings. The summed E-state index contributed by atoms with van der Waals surface area (Å²) in [5.74, 6) is 4.41. The Morgan fingerprint density at radius 1 is 1.00 bits per heavy atom. The predicted octanol–water partition coefficient (Wildman–Crippen LogP) is 6.56. The SMILES string of the molecule is CCCC(=O)OC[C@H]1O[C@@H](O[C@H]2CC[C@@]3(C)C(=CC[C@H]4[C@@H]5CC[C@H]([C@H](C)CCCC(C)C)[C@@]5(C)CC[C@@H]43)C2)[C@H](O)[C@@H](O)[C@H]1O. The van der Waals surface area contributed by atoms with Gasteiger partial charge in [-0.3, -0.25) is 4.79 Å². The van der Waals surface area contributed by atoms with Gasteiger partial charge in [-0.05, 0) is 104 Å². The molecule has 44 heavy (non-hydrogen) atoms. The Labute approximate surface area is 266 Å². The maximum Gasteiger partial charge on any atom is 0.305 e. The van der Waals surface area contributed by atoms with Gasteiger partial charge in [0.05, 0.1) is 6.10 Å². The first kappa shape index (κ1) is 34.3. The molecule has 0 unspecified atom stereocenters. The van der Waals surface area contributed by atoms with Gasteiger partial charge >= 0.3 is 5.97 Å². The van der Waals surface area contributed by atoms with E-state index >= 15 is 0 Å². The zero-order valence-electron chi connectivity index (χ0n) is 28.4. The zero-order chi connectivity index (χ0) is 31.8. The van der Waals surface area contributed by atoms with Gasteiger partial charge in [0.2, 0.25) is 0 Å². The fraction of sp³-hybridized carbons (Fsp3) is 0.919. The van der Waals surface area contributed by atoms with E-state index in [2.05, 4.69) is 40.7 Å². The van der Waals surface area contributed by atoms with Gasteiger partial charge in [-0.2, -0.15) is 0 Å². The van der Waals surface area contributed by atoms with E-state index in [1.165, 1.54) is 50.5 Å². The number of allylic oxidation sites excluding steroid dienone is 1. The first-order chi connectivity index (χ1) is 20.9. The molecule has 0 bridgehead atoms. The van der Waals surface area contributed by atoms with Crippen LogP contribution in [-0.4, -0.2) is 64.7 Å². The molecule has 3 N–H and O–H groups in total. The summed E-state index contributed by atoms with van der Waals surface area (Å²) in [6.45, 7) is 14.1. The molecule has 0 aromatic carbocycles. The third-order valence-electron chi connectivity index (χ3n) is 13.1. The highest BCUT2D eigenvalue weighted by molar-refractivity contribution is 5.69. The maximum atomic E-state index is 11.9. The van der Waals surface area contributed by atoms with Crippen LogP contribution >= 0.6 is 0 Å². The van der Waals surface area contributed by atoms with Crippen LogP contribution in [0.15, 0.2) is 11.6 Å². The van der Waals surface area contributed by atoms with E-state index in [9.17, 15) is 20.1 Å². The molecule has 1 heterocycles. The second-order valence-corrected chi connectivity index (χ2v) is 16.2. The van der Waals surface area contributed by atoms with Crippen molar-refractivity contribution in [3.05, 3.63) is 11.6 Å². The zero-order valence-corrected chi connectivity index (χ0v) is 28.4. The monoisotopic (exact) mass is 618 g/mol. The lowest BCUT2D eigenvalue weighted by atomic mass is 9.47. The van der Waals surface area contributed by atoms with Crippen molar-refractivity contribution in [3.8, 4) is 0 Å². The van der Waals surface area contributed by atoms with Crippen molar-refractivity contribution >= 4 is 5.97 Å². The normalized spacial score (nSPS) is 44.4. The highest BCUT2D eigenvalue weighted by Gasteiger charge is 2.59. The minimum absolute atomic E-state index is 0.132. The van der Waals surface area contributed by atoms with E-state index in [4.69, 9.17) is 14.2 Å². The molecule has 1 saturated heterocycles. The molecular formula is C37H62O7. The molecule has 4 fully saturated rings. The molecule has 3 saturated carbocycles. The Hall–Kier alpha value is -0.990. The number of aliphatic hydroxyl groups excluding tert-OH is 3. The molecule has 0 aromatic heterocycles. The molecule has 0 amide bonds. The summed E-state index contributed by atoms with van der Waals surface area (Å²) in [5, 5.41) is 31.7. The number of hydrogen-bond donors (Lipinski definition) is 3. The number of ether oxygens (including phenoxy) is 3. The van der Waals surface area contributed by atoms with Crippen LogP contribution in [0.1, 0.15) is 125 Å². The molecule has 1 aliphatic heterocycles. The molecule has 13 atom stereocenters. The standard InChI is InChI=1S/C37H62O7/c1-7-9-31(38)42-21-30-32(39)33(40)34(41)35(44-30)43-25-16-18-36(5)24(20-25)12-13-26-28-15-14-27(23(4)11-8-10-22(2)3)37(28,6)19-17-29(26)36/h12,22-23,25-30,32-35,39-41H,7-11,13-21H2,1-6H3/t23-,25+,26+,27-,28+,29+,30-,32+,33+,34-,35-,36+,37-/m1/s1. The number of aliphatic hydroxyl groups is 3. The van der Waals surface area contributed by atoms with Crippen molar-refractivity contribution in [3.63, 3.8) is 0 Å². The molecule has 252 valence electrons. The van der Waals surface area contributed by atoms with E-state index < -0.39 is 30.7 Å². The van der Waals surface area contributed by atoms with Crippen LogP contribution < -0.4 is 0 Å². The largest absolute Gasteiger partial charge is 0.463 e. The Bertz CT molecular complexity index is 1010. The number of esters is 1. The average molecular weight is 619 g/mol. The molecular weight excluding hydrogens is 556 g/mol. The quantitative estimate of drug-likeness (QED) is 0.178. The van der Waals surface area contributed by atoms with Gasteiger partial charge in [-0.15, -0.1) is 0 Å². The van der Waals surface area contributed by atoms with Crippen LogP contribution in [0.4, 0.5) is 0 Å². The number of carbonyl (C=O) groups excluding carboxylic acids is 1. The summed E-state index contributed by atoms with van der Waals surface area (Å²) < 4.78 is 17.5. The molecule has 0 aromatic rings. The Balaban J connectivity index is 1.21. The summed E-state index contributed by atoms with van der Waals surface area (Å²) in [5.41, 5.74) is 2.15. The van der Waals surface area contributed by atoms with Crippen molar-refractivity contribution in [2.24, 2.45) is 46.3 Å². The second kappa shape index (κ2) is 14.0. The first-order valence-corrected chi connectivity index (χ1v) is 18.1. The Morgan fingerprint density at radius 2 is 1.77 bits per heavy atom. The fourth-order valence-electron chi connectivity index (χ4n) is 10.6. The molecule has 0 spiro atoms. The minimum atomic E-state index is -1.43. The number of carbonyl (C=O) groups is 1. The lowest BCUT2D eigenvalue weighted by Gasteiger charge is -2.58. The van der Waals surface area contributed by atoms with E-state index in [1.807, 2.05) is 6.92 Å². The number of rotatable bonds is 11. The van der Waals surface area contributed by atoms with Gasteiger partial charge in [0.1, 0.15) is 31.0 Å². The minimum Gasteiger partial charge on any atom is -0.463 e. The molecule has 0 radical (unpaired) electrons. The highest BCUT2D eigenvalue weighted by atomic mass is 16.7. The van der Waals surface area contributed by atoms with Crippen molar-refractivity contribution in [1.29, 1.82) is 0 Å². The molecule has 7 nitrogen and oxygen atoms in total. The topological polar surface area (TPSA) is 105 Å². The summed E-state index contributed by atoms with van der Waals surface area (Å²) in [4.78, 5) is 11.9. The van der Waals surface area contributed by atoms with Gasteiger partial charge in [-0.25, -0.2) is 0 Å². The molecule has 4 aliphatic carbocycles. The van der Waals surface area contributed by atoms with E-state index in [0.717, 1.165) is 55.3 Å². The summed E-state index contributed by atoms with van der Waals surface area (Å²) in [6.07, 6.45) is 10.6. The number of hydrogen-bond acceptors (Lipinski definition) is 7. The first-order valence-electron chi connectivity index (χ1n) is 18.1. The van der Waals surface area contributed by atoms with E-state index in [-0.39, 0.29) is 30.5 Å². The Kier molecular flexibility index (Phi) is 10.9. The van der Waals surface area contributed by atoms with Gasteiger partial charge in [-0.1, -0.05) is 72.5 Å². The summed E-state index contributed by atoms with van der Waals surface area (Å²) >= 11 is 0. The highest BCUT2D eigenvalue weighted by Crippen LogP contribution is 2.67. The van der Waals surface area contributed by atoms with Crippen molar-refractivity contribution in [2.45, 2.75) is 162 Å². The maximum absolute atomic E-state index is 11.9. The van der Waals surface area contributed by atoms with Crippen molar-refractivity contribution in [2.75, 3.05) is 6.61 Å². The van der Waals surface area contributed by atoms with Crippen LogP contribution in [0, 0.1) is 46.3 Å². The summed E-state index contributed by atoms with van der Waals surface area (Å²) in [7, 11) is 0. The lowest BCUT2D eigenvalue weighted by molar-refractivity contribution is -0.313. The van der Waals surface area contributed by atoms with E-state index in [0.29, 0.717) is 17.8 Å². The van der Waals surface area contributed by atoms with Gasteiger partial charge < -0.3 is 29.5 Å². The number of fused-ring (bicyclic) bond motifs is 5. The van der Waals surface area contributed by atoms with Gasteiger partial charge in [0.25, 0.3) is 0 Å². The van der Waals surface area contributed by atoms with Gasteiger partial charge in [0.15, 0.2) is 6.29 Å². The summed E-state index contributed by atoms with van der Waals surface area (Å²) in [6, 6.07) is 0. The smallest absolute Gasteiger partial charge is 0.305 e. The second-order valence-electron chi connectivity index (χ2n) is 16.2. The van der Waals surface area contributed by atoms with Crippen molar-refractivity contribution < 1.29 is 34.3 Å². The van der Waals surface area contributed by atoms with Crippen LogP contribution in [0.2, 0.25) is 0 Å². The van der Waals surface area contributed by atoms with Crippen LogP contribution in [0.5, 0.6) is 0 Å².